The summed E-state index contributed by atoms with van der Waals surface area (Å²) in [5.41, 5.74) is 4.24. The summed E-state index contributed by atoms with van der Waals surface area (Å²) >= 11 is 0. The number of para-hydroxylation sites is 1. The van der Waals surface area contributed by atoms with Crippen LogP contribution in [0.5, 0.6) is 0 Å². The number of amides is 2. The lowest BCUT2D eigenvalue weighted by Gasteiger charge is -2.13. The van der Waals surface area contributed by atoms with Crippen molar-refractivity contribution in [3.05, 3.63) is 59.8 Å². The highest BCUT2D eigenvalue weighted by molar-refractivity contribution is 6.01. The van der Waals surface area contributed by atoms with Gasteiger partial charge in [0.25, 0.3) is 0 Å². The molecule has 140 valence electrons. The average Bonchev–Trinajstić information content (AvgIpc) is 3.05. The predicted octanol–water partition coefficient (Wildman–Crippen LogP) is 4.79. The molecule has 0 saturated heterocycles. The molecule has 0 aliphatic heterocycles. The van der Waals surface area contributed by atoms with Crippen LogP contribution in [0.15, 0.2) is 48.7 Å². The van der Waals surface area contributed by atoms with Crippen molar-refractivity contribution in [2.45, 2.75) is 39.5 Å². The molecule has 1 heterocycles. The number of unbranched alkanes of at least 4 members (excludes halogenated alkanes) is 1. The third-order valence-electron chi connectivity index (χ3n) is 4.51. The van der Waals surface area contributed by atoms with Crippen LogP contribution in [0.25, 0.3) is 10.9 Å². The lowest BCUT2D eigenvalue weighted by molar-refractivity contribution is -0.117. The van der Waals surface area contributed by atoms with Crippen LogP contribution in [0.3, 0.4) is 0 Å². The Hall–Kier alpha value is -3.08. The van der Waals surface area contributed by atoms with Gasteiger partial charge in [0, 0.05) is 23.5 Å². The third kappa shape index (κ3) is 4.76. The summed E-state index contributed by atoms with van der Waals surface area (Å²) in [6.45, 7) is 4.01. The minimum atomic E-state index is -0.116. The first-order valence-electron chi connectivity index (χ1n) is 9.32. The normalized spacial score (nSPS) is 10.7. The molecule has 27 heavy (non-hydrogen) atoms. The van der Waals surface area contributed by atoms with Crippen LogP contribution in [-0.2, 0) is 16.0 Å². The Morgan fingerprint density at radius 3 is 2.59 bits per heavy atom. The predicted molar refractivity (Wildman–Crippen MR) is 110 cm³/mol. The van der Waals surface area contributed by atoms with Crippen molar-refractivity contribution in [3.8, 4) is 0 Å². The van der Waals surface area contributed by atoms with Gasteiger partial charge in [-0.05, 0) is 42.7 Å². The van der Waals surface area contributed by atoms with Crippen LogP contribution in [0.1, 0.15) is 37.3 Å². The minimum Gasteiger partial charge on any atom is -0.361 e. The fraction of sp³-hybridized carbons (Fsp3) is 0.273. The molecule has 1 aromatic heterocycles. The molecule has 0 fully saturated rings. The second kappa shape index (κ2) is 8.54. The van der Waals surface area contributed by atoms with E-state index in [0.717, 1.165) is 34.9 Å². The molecule has 0 radical (unpaired) electrons. The van der Waals surface area contributed by atoms with E-state index in [1.54, 1.807) is 0 Å². The van der Waals surface area contributed by atoms with E-state index in [9.17, 15) is 9.59 Å². The number of carbonyl (C=O) groups is 2. The summed E-state index contributed by atoms with van der Waals surface area (Å²) in [5.74, 6) is -0.151. The Bertz CT molecular complexity index is 959. The number of rotatable bonds is 7. The van der Waals surface area contributed by atoms with Gasteiger partial charge in [-0.15, -0.1) is 0 Å². The highest BCUT2D eigenvalue weighted by Crippen LogP contribution is 2.25. The fourth-order valence-corrected chi connectivity index (χ4v) is 3.07. The second-order valence-corrected chi connectivity index (χ2v) is 6.79. The highest BCUT2D eigenvalue weighted by Gasteiger charge is 2.12. The molecule has 0 aliphatic carbocycles. The van der Waals surface area contributed by atoms with Crippen LogP contribution >= 0.6 is 0 Å². The lowest BCUT2D eigenvalue weighted by Crippen LogP contribution is -2.18. The fourth-order valence-electron chi connectivity index (χ4n) is 3.07. The molecular weight excluding hydrogens is 338 g/mol. The van der Waals surface area contributed by atoms with Crippen LogP contribution < -0.4 is 10.6 Å². The number of benzene rings is 2. The van der Waals surface area contributed by atoms with Gasteiger partial charge in [0.05, 0.1) is 17.8 Å². The number of aromatic nitrogens is 1. The maximum absolute atomic E-state index is 12.6. The topological polar surface area (TPSA) is 74.0 Å². The number of aromatic amines is 1. The molecule has 5 heteroatoms. The van der Waals surface area contributed by atoms with E-state index >= 15 is 0 Å². The summed E-state index contributed by atoms with van der Waals surface area (Å²) in [4.78, 5) is 27.9. The molecule has 0 spiro atoms. The van der Waals surface area contributed by atoms with Crippen molar-refractivity contribution in [1.82, 2.24) is 4.98 Å². The SMILES string of the molecule is CCCCC(=O)Nc1ccc(C)cc1NC(=O)Cc1c[nH]c2ccccc12. The maximum Gasteiger partial charge on any atom is 0.228 e. The van der Waals surface area contributed by atoms with Crippen molar-refractivity contribution in [2.75, 3.05) is 10.6 Å². The zero-order chi connectivity index (χ0) is 19.2. The molecule has 0 bridgehead atoms. The minimum absolute atomic E-state index is 0.0344. The van der Waals surface area contributed by atoms with E-state index in [0.29, 0.717) is 17.8 Å². The molecule has 3 rings (SSSR count). The number of hydrogen-bond acceptors (Lipinski definition) is 2. The standard InChI is InChI=1S/C22H25N3O2/c1-3-4-9-21(26)24-19-11-10-15(2)12-20(19)25-22(27)13-16-14-23-18-8-6-5-7-17(16)18/h5-8,10-12,14,23H,3-4,9,13H2,1-2H3,(H,24,26)(H,25,27). The maximum atomic E-state index is 12.6. The number of nitrogens with one attached hydrogen (secondary N) is 3. The first-order valence-corrected chi connectivity index (χ1v) is 9.32. The van der Waals surface area contributed by atoms with Gasteiger partial charge in [0.2, 0.25) is 11.8 Å². The van der Waals surface area contributed by atoms with Gasteiger partial charge in [-0.25, -0.2) is 0 Å². The van der Waals surface area contributed by atoms with Crippen molar-refractivity contribution >= 4 is 34.1 Å². The van der Waals surface area contributed by atoms with E-state index in [1.807, 2.05) is 55.6 Å². The van der Waals surface area contributed by atoms with E-state index in [1.165, 1.54) is 0 Å². The summed E-state index contributed by atoms with van der Waals surface area (Å²) < 4.78 is 0. The average molecular weight is 363 g/mol. The van der Waals surface area contributed by atoms with Gasteiger partial charge in [-0.1, -0.05) is 37.6 Å². The van der Waals surface area contributed by atoms with Gasteiger partial charge in [-0.3, -0.25) is 9.59 Å². The Morgan fingerprint density at radius 2 is 1.78 bits per heavy atom. The van der Waals surface area contributed by atoms with Crippen LogP contribution in [-0.4, -0.2) is 16.8 Å². The number of aryl methyl sites for hydroxylation is 1. The first-order chi connectivity index (χ1) is 13.1. The van der Waals surface area contributed by atoms with E-state index in [2.05, 4.69) is 22.5 Å². The van der Waals surface area contributed by atoms with E-state index < -0.39 is 0 Å². The third-order valence-corrected chi connectivity index (χ3v) is 4.51. The molecule has 3 aromatic rings. The number of anilines is 2. The lowest BCUT2D eigenvalue weighted by atomic mass is 10.1. The highest BCUT2D eigenvalue weighted by atomic mass is 16.2. The number of carbonyl (C=O) groups excluding carboxylic acids is 2. The Kier molecular flexibility index (Phi) is 5.91. The molecule has 0 atom stereocenters. The van der Waals surface area contributed by atoms with Crippen molar-refractivity contribution in [1.29, 1.82) is 0 Å². The summed E-state index contributed by atoms with van der Waals surface area (Å²) in [7, 11) is 0. The first kappa shape index (κ1) is 18.7. The number of H-pyrrole nitrogens is 1. The molecule has 5 nitrogen and oxygen atoms in total. The number of hydrogen-bond donors (Lipinski definition) is 3. The Labute approximate surface area is 159 Å². The van der Waals surface area contributed by atoms with Gasteiger partial charge in [0.1, 0.15) is 0 Å². The van der Waals surface area contributed by atoms with Gasteiger partial charge in [-0.2, -0.15) is 0 Å². The van der Waals surface area contributed by atoms with Crippen LogP contribution in [0.4, 0.5) is 11.4 Å². The molecule has 3 N–H and O–H groups in total. The van der Waals surface area contributed by atoms with Gasteiger partial charge < -0.3 is 15.6 Å². The van der Waals surface area contributed by atoms with Crippen molar-refractivity contribution in [3.63, 3.8) is 0 Å². The molecule has 2 aromatic carbocycles. The van der Waals surface area contributed by atoms with E-state index in [4.69, 9.17) is 0 Å². The molecular formula is C22H25N3O2. The molecule has 0 unspecified atom stereocenters. The molecule has 0 saturated carbocycles. The Balaban J connectivity index is 1.73. The largest absolute Gasteiger partial charge is 0.361 e. The van der Waals surface area contributed by atoms with Crippen LogP contribution in [0.2, 0.25) is 0 Å². The van der Waals surface area contributed by atoms with E-state index in [-0.39, 0.29) is 18.2 Å². The van der Waals surface area contributed by atoms with Crippen LogP contribution in [0, 0.1) is 6.92 Å². The van der Waals surface area contributed by atoms with Gasteiger partial charge in [0.15, 0.2) is 0 Å². The second-order valence-electron chi connectivity index (χ2n) is 6.79. The molecule has 2 amide bonds. The monoisotopic (exact) mass is 363 g/mol. The summed E-state index contributed by atoms with van der Waals surface area (Å²) in [6, 6.07) is 13.5. The summed E-state index contributed by atoms with van der Waals surface area (Å²) in [5, 5.41) is 6.90. The Morgan fingerprint density at radius 1 is 1.00 bits per heavy atom. The quantitative estimate of drug-likeness (QED) is 0.565. The zero-order valence-corrected chi connectivity index (χ0v) is 15.8. The molecule has 0 aliphatic rings. The number of fused-ring (bicyclic) bond motifs is 1. The summed E-state index contributed by atoms with van der Waals surface area (Å²) in [6.07, 6.45) is 4.43. The zero-order valence-electron chi connectivity index (χ0n) is 15.8. The van der Waals surface area contributed by atoms with Crippen molar-refractivity contribution in [2.24, 2.45) is 0 Å². The van der Waals surface area contributed by atoms with Gasteiger partial charge >= 0.3 is 0 Å². The smallest absolute Gasteiger partial charge is 0.228 e. The van der Waals surface area contributed by atoms with Crippen molar-refractivity contribution < 1.29 is 9.59 Å².